The molecular formula is C16H19BrN2. The van der Waals surface area contributed by atoms with Gasteiger partial charge in [-0.25, -0.2) is 0 Å². The summed E-state index contributed by atoms with van der Waals surface area (Å²) in [6.07, 6.45) is 0. The van der Waals surface area contributed by atoms with Crippen molar-refractivity contribution in [3.05, 3.63) is 63.6 Å². The highest BCUT2D eigenvalue weighted by atomic mass is 79.9. The van der Waals surface area contributed by atoms with Crippen molar-refractivity contribution in [2.24, 2.45) is 5.73 Å². The molecule has 0 aliphatic rings. The van der Waals surface area contributed by atoms with Crippen LogP contribution in [-0.4, -0.2) is 6.54 Å². The van der Waals surface area contributed by atoms with E-state index in [0.717, 1.165) is 10.2 Å². The second-order valence-corrected chi connectivity index (χ2v) is 5.66. The molecule has 0 spiro atoms. The van der Waals surface area contributed by atoms with Gasteiger partial charge in [-0.05, 0) is 43.2 Å². The lowest BCUT2D eigenvalue weighted by Gasteiger charge is -2.19. The van der Waals surface area contributed by atoms with Crippen molar-refractivity contribution in [3.8, 4) is 0 Å². The highest BCUT2D eigenvalue weighted by molar-refractivity contribution is 9.10. The van der Waals surface area contributed by atoms with Crippen molar-refractivity contribution in [3.63, 3.8) is 0 Å². The van der Waals surface area contributed by atoms with Crippen molar-refractivity contribution in [1.82, 2.24) is 0 Å². The summed E-state index contributed by atoms with van der Waals surface area (Å²) >= 11 is 3.52. The summed E-state index contributed by atoms with van der Waals surface area (Å²) in [6.45, 7) is 4.74. The quantitative estimate of drug-likeness (QED) is 0.887. The van der Waals surface area contributed by atoms with Crippen LogP contribution in [0.1, 0.15) is 22.7 Å². The van der Waals surface area contributed by atoms with E-state index < -0.39 is 0 Å². The number of benzene rings is 2. The Balaban J connectivity index is 2.19. The van der Waals surface area contributed by atoms with Crippen LogP contribution in [0, 0.1) is 13.8 Å². The third-order valence-corrected chi connectivity index (χ3v) is 4.10. The van der Waals surface area contributed by atoms with Crippen molar-refractivity contribution in [2.75, 3.05) is 11.9 Å². The van der Waals surface area contributed by atoms with Crippen molar-refractivity contribution < 1.29 is 0 Å². The number of rotatable bonds is 4. The van der Waals surface area contributed by atoms with E-state index in [1.807, 2.05) is 0 Å². The zero-order valence-electron chi connectivity index (χ0n) is 11.3. The predicted octanol–water partition coefficient (Wildman–Crippen LogP) is 4.18. The van der Waals surface area contributed by atoms with Crippen LogP contribution in [0.4, 0.5) is 5.69 Å². The van der Waals surface area contributed by atoms with Gasteiger partial charge in [0.2, 0.25) is 0 Å². The Hall–Kier alpha value is -1.32. The molecule has 0 bridgehead atoms. The molecule has 1 atom stereocenters. The topological polar surface area (TPSA) is 38.0 Å². The highest BCUT2D eigenvalue weighted by Crippen LogP contribution is 2.23. The maximum Gasteiger partial charge on any atom is 0.0636 e. The molecule has 0 fully saturated rings. The number of nitrogens with one attached hydrogen (secondary N) is 1. The summed E-state index contributed by atoms with van der Waals surface area (Å²) in [4.78, 5) is 0. The second kappa shape index (κ2) is 6.22. The van der Waals surface area contributed by atoms with E-state index in [9.17, 15) is 0 Å². The molecule has 2 aromatic carbocycles. The van der Waals surface area contributed by atoms with Crippen LogP contribution in [0.15, 0.2) is 46.9 Å². The number of hydrogen-bond donors (Lipinski definition) is 2. The molecule has 3 N–H and O–H groups in total. The van der Waals surface area contributed by atoms with E-state index in [1.165, 1.54) is 16.7 Å². The van der Waals surface area contributed by atoms with E-state index in [1.54, 1.807) is 0 Å². The maximum atomic E-state index is 5.90. The number of nitrogens with two attached hydrogens (primary N) is 1. The molecule has 19 heavy (non-hydrogen) atoms. The van der Waals surface area contributed by atoms with Gasteiger partial charge >= 0.3 is 0 Å². The molecule has 1 unspecified atom stereocenters. The fraction of sp³-hybridized carbons (Fsp3) is 0.250. The van der Waals surface area contributed by atoms with Gasteiger partial charge in [-0.15, -0.1) is 0 Å². The smallest absolute Gasteiger partial charge is 0.0636 e. The Kier molecular flexibility index (Phi) is 4.61. The molecule has 2 nitrogen and oxygen atoms in total. The molecule has 0 aliphatic carbocycles. The van der Waals surface area contributed by atoms with Gasteiger partial charge in [0.15, 0.2) is 0 Å². The zero-order valence-corrected chi connectivity index (χ0v) is 12.9. The first-order valence-corrected chi connectivity index (χ1v) is 7.19. The number of hydrogen-bond acceptors (Lipinski definition) is 2. The molecule has 0 saturated carbocycles. The SMILES string of the molecule is Cc1ccc(NC(CN)c2ccc(Br)c(C)c2)cc1. The van der Waals surface area contributed by atoms with Gasteiger partial charge in [0, 0.05) is 16.7 Å². The summed E-state index contributed by atoms with van der Waals surface area (Å²) in [7, 11) is 0. The van der Waals surface area contributed by atoms with Gasteiger partial charge in [0.25, 0.3) is 0 Å². The number of aryl methyl sites for hydroxylation is 2. The lowest BCUT2D eigenvalue weighted by atomic mass is 10.0. The third-order valence-electron chi connectivity index (χ3n) is 3.21. The molecule has 100 valence electrons. The summed E-state index contributed by atoms with van der Waals surface area (Å²) in [6, 6.07) is 14.9. The first-order chi connectivity index (χ1) is 9.10. The number of anilines is 1. The molecule has 0 radical (unpaired) electrons. The highest BCUT2D eigenvalue weighted by Gasteiger charge is 2.10. The Labute approximate surface area is 123 Å². The van der Waals surface area contributed by atoms with E-state index in [2.05, 4.69) is 77.6 Å². The van der Waals surface area contributed by atoms with E-state index in [0.29, 0.717) is 6.54 Å². The minimum absolute atomic E-state index is 0.134. The normalized spacial score (nSPS) is 12.2. The Bertz CT molecular complexity index is 549. The molecule has 3 heteroatoms. The monoisotopic (exact) mass is 318 g/mol. The van der Waals surface area contributed by atoms with E-state index >= 15 is 0 Å². The Morgan fingerprint density at radius 1 is 1.11 bits per heavy atom. The average molecular weight is 319 g/mol. The van der Waals surface area contributed by atoms with Gasteiger partial charge in [-0.3, -0.25) is 0 Å². The molecule has 0 amide bonds. The van der Waals surface area contributed by atoms with Gasteiger partial charge in [-0.2, -0.15) is 0 Å². The molecular weight excluding hydrogens is 300 g/mol. The molecule has 2 rings (SSSR count). The molecule has 0 saturated heterocycles. The predicted molar refractivity (Wildman–Crippen MR) is 85.5 cm³/mol. The van der Waals surface area contributed by atoms with Crippen molar-refractivity contribution in [2.45, 2.75) is 19.9 Å². The molecule has 0 heterocycles. The first kappa shape index (κ1) is 14.1. The average Bonchev–Trinajstić information content (AvgIpc) is 2.41. The van der Waals surface area contributed by atoms with Gasteiger partial charge in [-0.1, -0.05) is 45.8 Å². The van der Waals surface area contributed by atoms with Crippen LogP contribution < -0.4 is 11.1 Å². The lowest BCUT2D eigenvalue weighted by Crippen LogP contribution is -2.20. The van der Waals surface area contributed by atoms with Crippen LogP contribution in [0.2, 0.25) is 0 Å². The van der Waals surface area contributed by atoms with Crippen LogP contribution in [-0.2, 0) is 0 Å². The van der Waals surface area contributed by atoms with E-state index in [-0.39, 0.29) is 6.04 Å². The summed E-state index contributed by atoms with van der Waals surface area (Å²) in [5.41, 5.74) is 10.7. The lowest BCUT2D eigenvalue weighted by molar-refractivity contribution is 0.788. The van der Waals surface area contributed by atoms with Crippen LogP contribution in [0.5, 0.6) is 0 Å². The van der Waals surface area contributed by atoms with E-state index in [4.69, 9.17) is 5.73 Å². The fourth-order valence-corrected chi connectivity index (χ4v) is 2.26. The molecule has 0 aromatic heterocycles. The molecule has 2 aromatic rings. The number of halogens is 1. The summed E-state index contributed by atoms with van der Waals surface area (Å²) < 4.78 is 1.13. The summed E-state index contributed by atoms with van der Waals surface area (Å²) in [5, 5.41) is 3.48. The Morgan fingerprint density at radius 3 is 2.37 bits per heavy atom. The fourth-order valence-electron chi connectivity index (χ4n) is 2.01. The Morgan fingerprint density at radius 2 is 1.79 bits per heavy atom. The van der Waals surface area contributed by atoms with Crippen LogP contribution in [0.25, 0.3) is 0 Å². The van der Waals surface area contributed by atoms with Crippen LogP contribution in [0.3, 0.4) is 0 Å². The second-order valence-electron chi connectivity index (χ2n) is 4.81. The minimum atomic E-state index is 0.134. The van der Waals surface area contributed by atoms with Crippen molar-refractivity contribution >= 4 is 21.6 Å². The van der Waals surface area contributed by atoms with Gasteiger partial charge in [0.05, 0.1) is 6.04 Å². The van der Waals surface area contributed by atoms with Gasteiger partial charge in [0.1, 0.15) is 0 Å². The largest absolute Gasteiger partial charge is 0.377 e. The first-order valence-electron chi connectivity index (χ1n) is 6.39. The van der Waals surface area contributed by atoms with Gasteiger partial charge < -0.3 is 11.1 Å². The third kappa shape index (κ3) is 3.58. The van der Waals surface area contributed by atoms with Crippen molar-refractivity contribution in [1.29, 1.82) is 0 Å². The minimum Gasteiger partial charge on any atom is -0.377 e. The standard InChI is InChI=1S/C16H19BrN2/c1-11-3-6-14(7-4-11)19-16(10-18)13-5-8-15(17)12(2)9-13/h3-9,16,19H,10,18H2,1-2H3. The molecule has 0 aliphatic heterocycles. The maximum absolute atomic E-state index is 5.90. The zero-order chi connectivity index (χ0) is 13.8. The summed E-state index contributed by atoms with van der Waals surface area (Å²) in [5.74, 6) is 0. The van der Waals surface area contributed by atoms with Crippen LogP contribution >= 0.6 is 15.9 Å².